The number of hydrogen-bond donors (Lipinski definition) is 2. The molecule has 7 heteroatoms. The minimum atomic E-state index is -0.852. The van der Waals surface area contributed by atoms with E-state index in [1.807, 2.05) is 0 Å². The molecule has 7 nitrogen and oxygen atoms in total. The summed E-state index contributed by atoms with van der Waals surface area (Å²) in [5.74, 6) is -1.54. The van der Waals surface area contributed by atoms with E-state index in [4.69, 9.17) is 4.74 Å². The second-order valence-electron chi connectivity index (χ2n) is 4.72. The predicted octanol–water partition coefficient (Wildman–Crippen LogP) is 3.00. The molecule has 0 aromatic carbocycles. The number of rotatable bonds is 9. The molecule has 0 saturated heterocycles. The highest BCUT2D eigenvalue weighted by molar-refractivity contribution is 5.93. The molecular weight excluding hydrogens is 276 g/mol. The van der Waals surface area contributed by atoms with E-state index >= 15 is 0 Å². The molecule has 0 bridgehead atoms. The van der Waals surface area contributed by atoms with E-state index in [2.05, 4.69) is 17.1 Å². The fraction of sp³-hybridized carbons (Fsp3) is 0.571. The number of hydrogen-bond acceptors (Lipinski definition) is 6. The molecule has 1 rings (SSSR count). The van der Waals surface area contributed by atoms with E-state index in [1.165, 1.54) is 19.3 Å². The Bertz CT molecular complexity index is 539. The molecule has 1 aromatic heterocycles. The molecule has 1 heterocycles. The fourth-order valence-electron chi connectivity index (χ4n) is 1.87. The van der Waals surface area contributed by atoms with Crippen LogP contribution in [0.5, 0.6) is 5.75 Å². The monoisotopic (exact) mass is 296 g/mol. The van der Waals surface area contributed by atoms with E-state index < -0.39 is 23.0 Å². The highest BCUT2D eigenvalue weighted by Crippen LogP contribution is 2.25. The molecule has 21 heavy (non-hydrogen) atoms. The van der Waals surface area contributed by atoms with Gasteiger partial charge in [-0.15, -0.1) is 4.91 Å². The summed E-state index contributed by atoms with van der Waals surface area (Å²) in [5.41, 5.74) is -1.84. The number of esters is 1. The van der Waals surface area contributed by atoms with Crippen molar-refractivity contribution in [2.75, 3.05) is 6.61 Å². The number of aromatic nitrogens is 1. The summed E-state index contributed by atoms with van der Waals surface area (Å²) in [6.07, 6.45) is 7.34. The van der Waals surface area contributed by atoms with Crippen molar-refractivity contribution in [1.29, 1.82) is 0 Å². The Morgan fingerprint density at radius 1 is 1.29 bits per heavy atom. The molecule has 0 saturated carbocycles. The van der Waals surface area contributed by atoms with Crippen LogP contribution >= 0.6 is 0 Å². The van der Waals surface area contributed by atoms with Gasteiger partial charge >= 0.3 is 5.97 Å². The largest absolute Gasteiger partial charge is 0.505 e. The lowest BCUT2D eigenvalue weighted by Gasteiger charge is -2.06. The molecule has 0 radical (unpaired) electrons. The number of carbonyl (C=O) groups excluding carboxylic acids is 1. The van der Waals surface area contributed by atoms with Crippen molar-refractivity contribution in [2.24, 2.45) is 5.18 Å². The molecule has 0 unspecified atom stereocenters. The zero-order valence-electron chi connectivity index (χ0n) is 12.1. The van der Waals surface area contributed by atoms with Crippen LogP contribution in [0.2, 0.25) is 0 Å². The van der Waals surface area contributed by atoms with Crippen molar-refractivity contribution in [1.82, 2.24) is 4.98 Å². The van der Waals surface area contributed by atoms with Gasteiger partial charge < -0.3 is 14.8 Å². The SMILES string of the molecule is CCCCCCCCOC(=O)c1c[nH]c(=O)c(N=O)c1O. The van der Waals surface area contributed by atoms with Crippen LogP contribution in [-0.4, -0.2) is 22.7 Å². The summed E-state index contributed by atoms with van der Waals surface area (Å²) in [7, 11) is 0. The fourth-order valence-corrected chi connectivity index (χ4v) is 1.87. The number of carbonyl (C=O) groups is 1. The Hall–Kier alpha value is -2.18. The molecule has 0 spiro atoms. The summed E-state index contributed by atoms with van der Waals surface area (Å²) in [6.45, 7) is 2.37. The Kier molecular flexibility index (Phi) is 7.14. The highest BCUT2D eigenvalue weighted by atomic mass is 16.5. The minimum absolute atomic E-state index is 0.230. The maximum atomic E-state index is 11.7. The van der Waals surface area contributed by atoms with Crippen molar-refractivity contribution in [3.63, 3.8) is 0 Å². The van der Waals surface area contributed by atoms with Gasteiger partial charge in [-0.25, -0.2) is 4.79 Å². The second kappa shape index (κ2) is 8.89. The number of unbranched alkanes of at least 4 members (excludes halogenated alkanes) is 5. The number of aromatic hydroxyl groups is 1. The quantitative estimate of drug-likeness (QED) is 0.413. The molecule has 0 aliphatic heterocycles. The average Bonchev–Trinajstić information content (AvgIpc) is 2.46. The zero-order valence-corrected chi connectivity index (χ0v) is 12.1. The minimum Gasteiger partial charge on any atom is -0.505 e. The zero-order chi connectivity index (χ0) is 15.7. The van der Waals surface area contributed by atoms with Crippen molar-refractivity contribution < 1.29 is 14.6 Å². The number of H-pyrrole nitrogens is 1. The molecule has 0 amide bonds. The smallest absolute Gasteiger partial charge is 0.343 e. The van der Waals surface area contributed by atoms with Crippen LogP contribution in [0.4, 0.5) is 5.69 Å². The number of nitrogens with one attached hydrogen (secondary N) is 1. The summed E-state index contributed by atoms with van der Waals surface area (Å²) in [4.78, 5) is 35.5. The third kappa shape index (κ3) is 5.02. The van der Waals surface area contributed by atoms with Gasteiger partial charge in [0, 0.05) is 6.20 Å². The first-order valence-corrected chi connectivity index (χ1v) is 7.07. The molecule has 0 aliphatic rings. The topological polar surface area (TPSA) is 109 Å². The number of nitroso groups, excluding NO2 is 1. The molecule has 0 atom stereocenters. The molecule has 2 N–H and O–H groups in total. The normalized spacial score (nSPS) is 10.3. The van der Waals surface area contributed by atoms with Gasteiger partial charge in [0.1, 0.15) is 5.56 Å². The van der Waals surface area contributed by atoms with Crippen LogP contribution in [0.1, 0.15) is 55.8 Å². The van der Waals surface area contributed by atoms with Gasteiger partial charge in [-0.2, -0.15) is 0 Å². The third-order valence-corrected chi connectivity index (χ3v) is 3.08. The van der Waals surface area contributed by atoms with Gasteiger partial charge in [0.15, 0.2) is 5.75 Å². The third-order valence-electron chi connectivity index (χ3n) is 3.08. The van der Waals surface area contributed by atoms with Gasteiger partial charge in [0.25, 0.3) is 5.56 Å². The van der Waals surface area contributed by atoms with Crippen LogP contribution < -0.4 is 5.56 Å². The lowest BCUT2D eigenvalue weighted by atomic mass is 10.1. The first-order chi connectivity index (χ1) is 10.1. The van der Waals surface area contributed by atoms with Crippen LogP contribution in [0.15, 0.2) is 16.2 Å². The first kappa shape index (κ1) is 16.9. The average molecular weight is 296 g/mol. The summed E-state index contributed by atoms with van der Waals surface area (Å²) < 4.78 is 4.99. The molecule has 1 aromatic rings. The van der Waals surface area contributed by atoms with E-state index in [-0.39, 0.29) is 12.2 Å². The van der Waals surface area contributed by atoms with E-state index in [1.54, 1.807) is 0 Å². The van der Waals surface area contributed by atoms with Crippen molar-refractivity contribution >= 4 is 11.7 Å². The second-order valence-corrected chi connectivity index (χ2v) is 4.72. The Morgan fingerprint density at radius 3 is 2.62 bits per heavy atom. The van der Waals surface area contributed by atoms with E-state index in [0.29, 0.717) is 0 Å². The van der Waals surface area contributed by atoms with Gasteiger partial charge in [-0.05, 0) is 11.6 Å². The van der Waals surface area contributed by atoms with Crippen LogP contribution in [0.3, 0.4) is 0 Å². The van der Waals surface area contributed by atoms with E-state index in [9.17, 15) is 19.6 Å². The Labute approximate surface area is 122 Å². The highest BCUT2D eigenvalue weighted by Gasteiger charge is 2.19. The number of aromatic amines is 1. The lowest BCUT2D eigenvalue weighted by Crippen LogP contribution is -2.12. The summed E-state index contributed by atoms with van der Waals surface area (Å²) >= 11 is 0. The van der Waals surface area contributed by atoms with Crippen LogP contribution in [-0.2, 0) is 4.74 Å². The van der Waals surface area contributed by atoms with Crippen molar-refractivity contribution in [2.45, 2.75) is 45.4 Å². The lowest BCUT2D eigenvalue weighted by molar-refractivity contribution is 0.0494. The molecular formula is C14H20N2O5. The van der Waals surface area contributed by atoms with Crippen molar-refractivity contribution in [3.05, 3.63) is 27.0 Å². The van der Waals surface area contributed by atoms with Gasteiger partial charge in [-0.1, -0.05) is 39.0 Å². The van der Waals surface area contributed by atoms with Crippen LogP contribution in [0.25, 0.3) is 0 Å². The molecule has 116 valence electrons. The first-order valence-electron chi connectivity index (χ1n) is 7.07. The summed E-state index contributed by atoms with van der Waals surface area (Å²) in [5, 5.41) is 12.0. The number of ether oxygens (including phenoxy) is 1. The maximum Gasteiger partial charge on any atom is 0.343 e. The number of nitrogens with zero attached hydrogens (tertiary/aromatic N) is 1. The number of pyridine rings is 1. The van der Waals surface area contributed by atoms with Gasteiger partial charge in [0.2, 0.25) is 5.69 Å². The van der Waals surface area contributed by atoms with E-state index in [0.717, 1.165) is 25.5 Å². The maximum absolute atomic E-state index is 11.7. The Balaban J connectivity index is 2.46. The Morgan fingerprint density at radius 2 is 1.95 bits per heavy atom. The predicted molar refractivity (Wildman–Crippen MR) is 77.8 cm³/mol. The van der Waals surface area contributed by atoms with Gasteiger partial charge in [-0.3, -0.25) is 4.79 Å². The van der Waals surface area contributed by atoms with Gasteiger partial charge in [0.05, 0.1) is 6.61 Å². The molecule has 0 aliphatic carbocycles. The molecule has 0 fully saturated rings. The van der Waals surface area contributed by atoms with Crippen molar-refractivity contribution in [3.8, 4) is 5.75 Å². The standard InChI is InChI=1S/C14H20N2O5/c1-2-3-4-5-6-7-8-21-14(19)10-9-15-13(18)11(16-20)12(10)17/h9H,2-8H2,1H3,(H2,15,17,18). The van der Waals surface area contributed by atoms with Crippen LogP contribution in [0, 0.1) is 4.91 Å². The summed E-state index contributed by atoms with van der Waals surface area (Å²) in [6, 6.07) is 0.